The lowest BCUT2D eigenvalue weighted by Crippen LogP contribution is -1.88. The lowest BCUT2D eigenvalue weighted by molar-refractivity contribution is 0.609. The lowest BCUT2D eigenvalue weighted by Gasteiger charge is -1.94. The smallest absolute Gasteiger partial charge is 0.207 e. The largest absolute Gasteiger partial charge is 0.261 e. The van der Waals surface area contributed by atoms with E-state index in [1.165, 1.54) is 6.07 Å². The van der Waals surface area contributed by atoms with Crippen LogP contribution in [-0.4, -0.2) is 8.42 Å². The molecule has 0 aliphatic heterocycles. The van der Waals surface area contributed by atoms with E-state index in [2.05, 4.69) is 0 Å². The van der Waals surface area contributed by atoms with Gasteiger partial charge in [0.15, 0.2) is 0 Å². The Hall–Kier alpha value is -0.580. The molecule has 0 saturated heterocycles. The van der Waals surface area contributed by atoms with Crippen LogP contribution in [0.5, 0.6) is 0 Å². The molecule has 1 aromatic heterocycles. The molecule has 0 bridgehead atoms. The maximum absolute atomic E-state index is 11.1. The number of benzene rings is 1. The predicted octanol–water partition coefficient (Wildman–Crippen LogP) is 3.14. The summed E-state index contributed by atoms with van der Waals surface area (Å²) in [6.45, 7) is 1.99. The van der Waals surface area contributed by atoms with E-state index >= 15 is 0 Å². The van der Waals surface area contributed by atoms with Crippen LogP contribution in [0.15, 0.2) is 29.2 Å². The third-order valence-electron chi connectivity index (χ3n) is 1.90. The SMILES string of the molecule is Cc1cc2ccc(S(=O)(=O)Cl)cc2s1. The van der Waals surface area contributed by atoms with Crippen LogP contribution >= 0.6 is 22.0 Å². The second-order valence-corrected chi connectivity index (χ2v) is 6.85. The van der Waals surface area contributed by atoms with Crippen molar-refractivity contribution in [2.45, 2.75) is 11.8 Å². The van der Waals surface area contributed by atoms with Crippen molar-refractivity contribution >= 4 is 41.2 Å². The van der Waals surface area contributed by atoms with Crippen molar-refractivity contribution in [1.29, 1.82) is 0 Å². The molecule has 0 spiro atoms. The Kier molecular flexibility index (Phi) is 2.29. The number of hydrogen-bond acceptors (Lipinski definition) is 3. The van der Waals surface area contributed by atoms with Crippen molar-refractivity contribution in [2.24, 2.45) is 0 Å². The first-order chi connectivity index (χ1) is 6.47. The average molecular weight is 247 g/mol. The normalized spacial score (nSPS) is 12.1. The highest BCUT2D eigenvalue weighted by atomic mass is 35.7. The van der Waals surface area contributed by atoms with Gasteiger partial charge in [0.1, 0.15) is 0 Å². The Morgan fingerprint density at radius 2 is 2.00 bits per heavy atom. The molecule has 0 radical (unpaired) electrons. The summed E-state index contributed by atoms with van der Waals surface area (Å²) in [4.78, 5) is 1.32. The Bertz CT molecular complexity index is 584. The van der Waals surface area contributed by atoms with Crippen molar-refractivity contribution in [3.63, 3.8) is 0 Å². The summed E-state index contributed by atoms with van der Waals surface area (Å²) >= 11 is 1.56. The molecule has 2 nitrogen and oxygen atoms in total. The quantitative estimate of drug-likeness (QED) is 0.725. The lowest BCUT2D eigenvalue weighted by atomic mass is 10.2. The summed E-state index contributed by atoms with van der Waals surface area (Å²) in [7, 11) is 1.64. The standard InChI is InChI=1S/C9H7ClO2S2/c1-6-4-7-2-3-8(14(10,11)12)5-9(7)13-6/h2-5H,1H3. The summed E-state index contributed by atoms with van der Waals surface area (Å²) in [5.74, 6) is 0. The predicted molar refractivity (Wildman–Crippen MR) is 59.6 cm³/mol. The fraction of sp³-hybridized carbons (Fsp3) is 0.111. The zero-order chi connectivity index (χ0) is 10.3. The number of aryl methyl sites for hydroxylation is 1. The summed E-state index contributed by atoms with van der Waals surface area (Å²) < 4.78 is 23.1. The van der Waals surface area contributed by atoms with E-state index in [1.54, 1.807) is 23.5 Å². The third kappa shape index (κ3) is 1.78. The molecule has 1 aromatic carbocycles. The van der Waals surface area contributed by atoms with Crippen LogP contribution in [0.25, 0.3) is 10.1 Å². The minimum absolute atomic E-state index is 0.161. The number of halogens is 1. The van der Waals surface area contributed by atoms with Gasteiger partial charge < -0.3 is 0 Å². The van der Waals surface area contributed by atoms with Crippen LogP contribution in [0.3, 0.4) is 0 Å². The highest BCUT2D eigenvalue weighted by Gasteiger charge is 2.10. The highest BCUT2D eigenvalue weighted by molar-refractivity contribution is 8.13. The van der Waals surface area contributed by atoms with Crippen molar-refractivity contribution in [2.75, 3.05) is 0 Å². The van der Waals surface area contributed by atoms with Gasteiger partial charge in [-0.15, -0.1) is 11.3 Å². The van der Waals surface area contributed by atoms with Gasteiger partial charge in [-0.2, -0.15) is 0 Å². The average Bonchev–Trinajstić information content (AvgIpc) is 2.41. The van der Waals surface area contributed by atoms with Gasteiger partial charge in [0, 0.05) is 20.3 Å². The van der Waals surface area contributed by atoms with Gasteiger partial charge in [-0.05, 0) is 30.5 Å². The summed E-state index contributed by atoms with van der Waals surface area (Å²) in [5, 5.41) is 1.05. The Morgan fingerprint density at radius 1 is 1.29 bits per heavy atom. The van der Waals surface area contributed by atoms with E-state index < -0.39 is 9.05 Å². The maximum Gasteiger partial charge on any atom is 0.261 e. The molecule has 0 saturated carbocycles. The summed E-state index contributed by atoms with van der Waals surface area (Å²) in [6, 6.07) is 6.92. The molecule has 14 heavy (non-hydrogen) atoms. The molecular weight excluding hydrogens is 240 g/mol. The fourth-order valence-electron chi connectivity index (χ4n) is 1.30. The molecule has 1 heterocycles. The van der Waals surface area contributed by atoms with Gasteiger partial charge in [0.25, 0.3) is 9.05 Å². The van der Waals surface area contributed by atoms with E-state index in [9.17, 15) is 8.42 Å². The molecule has 0 unspecified atom stereocenters. The molecule has 0 N–H and O–H groups in total. The van der Waals surface area contributed by atoms with Crippen LogP contribution < -0.4 is 0 Å². The summed E-state index contributed by atoms with van der Waals surface area (Å²) in [5.41, 5.74) is 0. The number of rotatable bonds is 1. The van der Waals surface area contributed by atoms with Crippen LogP contribution in [0, 0.1) is 6.92 Å². The first-order valence-electron chi connectivity index (χ1n) is 3.92. The molecule has 74 valence electrons. The molecule has 0 atom stereocenters. The Labute approximate surface area is 90.6 Å². The molecule has 0 fully saturated rings. The Morgan fingerprint density at radius 3 is 2.64 bits per heavy atom. The molecule has 0 aliphatic rings. The monoisotopic (exact) mass is 246 g/mol. The zero-order valence-corrected chi connectivity index (χ0v) is 9.71. The van der Waals surface area contributed by atoms with Crippen LogP contribution in [-0.2, 0) is 9.05 Å². The van der Waals surface area contributed by atoms with Crippen molar-refractivity contribution in [1.82, 2.24) is 0 Å². The summed E-state index contributed by atoms with van der Waals surface area (Å²) in [6.07, 6.45) is 0. The molecule has 2 aromatic rings. The zero-order valence-electron chi connectivity index (χ0n) is 7.32. The van der Waals surface area contributed by atoms with Gasteiger partial charge in [-0.1, -0.05) is 6.07 Å². The van der Waals surface area contributed by atoms with Crippen LogP contribution in [0.2, 0.25) is 0 Å². The molecule has 2 rings (SSSR count). The first-order valence-corrected chi connectivity index (χ1v) is 7.04. The third-order valence-corrected chi connectivity index (χ3v) is 4.26. The number of thiophene rings is 1. The number of hydrogen-bond donors (Lipinski definition) is 0. The van der Waals surface area contributed by atoms with Crippen LogP contribution in [0.4, 0.5) is 0 Å². The fourth-order valence-corrected chi connectivity index (χ4v) is 3.11. The van der Waals surface area contributed by atoms with E-state index in [4.69, 9.17) is 10.7 Å². The van der Waals surface area contributed by atoms with Crippen molar-refractivity contribution in [3.8, 4) is 0 Å². The molecule has 0 aliphatic carbocycles. The van der Waals surface area contributed by atoms with E-state index in [0.29, 0.717) is 0 Å². The minimum Gasteiger partial charge on any atom is -0.207 e. The van der Waals surface area contributed by atoms with Gasteiger partial charge in [0.2, 0.25) is 0 Å². The van der Waals surface area contributed by atoms with E-state index in [0.717, 1.165) is 15.0 Å². The minimum atomic E-state index is -3.61. The van der Waals surface area contributed by atoms with Crippen molar-refractivity contribution in [3.05, 3.63) is 29.1 Å². The first kappa shape index (κ1) is 9.96. The van der Waals surface area contributed by atoms with Crippen LogP contribution in [0.1, 0.15) is 4.88 Å². The van der Waals surface area contributed by atoms with Gasteiger partial charge >= 0.3 is 0 Å². The van der Waals surface area contributed by atoms with E-state index in [-0.39, 0.29) is 4.90 Å². The van der Waals surface area contributed by atoms with Crippen molar-refractivity contribution < 1.29 is 8.42 Å². The number of fused-ring (bicyclic) bond motifs is 1. The molecular formula is C9H7ClO2S2. The topological polar surface area (TPSA) is 34.1 Å². The molecule has 5 heteroatoms. The van der Waals surface area contributed by atoms with Gasteiger partial charge in [-0.3, -0.25) is 0 Å². The molecule has 0 amide bonds. The van der Waals surface area contributed by atoms with Gasteiger partial charge in [0.05, 0.1) is 4.90 Å². The maximum atomic E-state index is 11.1. The highest BCUT2D eigenvalue weighted by Crippen LogP contribution is 2.28. The second-order valence-electron chi connectivity index (χ2n) is 2.99. The van der Waals surface area contributed by atoms with Gasteiger partial charge in [-0.25, -0.2) is 8.42 Å². The van der Waals surface area contributed by atoms with E-state index in [1.807, 2.05) is 13.0 Å². The Balaban J connectivity index is 2.74. The second kappa shape index (κ2) is 3.22.